The maximum atomic E-state index is 11.8. The van der Waals surface area contributed by atoms with Gasteiger partial charge in [-0.25, -0.2) is 9.78 Å². The molecule has 6 nitrogen and oxygen atoms in total. The van der Waals surface area contributed by atoms with Crippen LogP contribution < -0.4 is 9.47 Å². The minimum absolute atomic E-state index is 0.0785. The quantitative estimate of drug-likeness (QED) is 0.371. The Bertz CT molecular complexity index is 725. The highest BCUT2D eigenvalue weighted by Gasteiger charge is 2.16. The smallest absolute Gasteiger partial charge is 0.356 e. The van der Waals surface area contributed by atoms with Crippen molar-refractivity contribution in [1.82, 2.24) is 4.98 Å². The lowest BCUT2D eigenvalue weighted by molar-refractivity contribution is 0.0245. The molecule has 0 bridgehead atoms. The Morgan fingerprint density at radius 1 is 1.29 bits per heavy atom. The lowest BCUT2D eigenvalue weighted by atomic mass is 10.1. The third-order valence-corrected chi connectivity index (χ3v) is 4.34. The summed E-state index contributed by atoms with van der Waals surface area (Å²) in [5, 5.41) is 0.711. The van der Waals surface area contributed by atoms with E-state index in [9.17, 15) is 4.79 Å². The largest absolute Gasteiger partial charge is 0.497 e. The number of hydrogen-bond acceptors (Lipinski definition) is 7. The van der Waals surface area contributed by atoms with Gasteiger partial charge in [0.15, 0.2) is 12.5 Å². The zero-order valence-corrected chi connectivity index (χ0v) is 16.0. The average molecular weight is 416 g/mol. The molecular formula is C16H18BrNO5S. The van der Waals surface area contributed by atoms with Crippen LogP contribution in [0.5, 0.6) is 11.5 Å². The second kappa shape index (κ2) is 9.10. The van der Waals surface area contributed by atoms with Crippen LogP contribution in [0.2, 0.25) is 0 Å². The number of thioether (sulfide) groups is 1. The number of methoxy groups -OCH3 is 2. The summed E-state index contributed by atoms with van der Waals surface area (Å²) in [6.07, 6.45) is 2.01. The van der Waals surface area contributed by atoms with Gasteiger partial charge in [0.05, 0.1) is 26.3 Å². The predicted octanol–water partition coefficient (Wildman–Crippen LogP) is 3.51. The van der Waals surface area contributed by atoms with Gasteiger partial charge in [-0.15, -0.1) is 0 Å². The topological polar surface area (TPSA) is 66.9 Å². The third-order valence-electron chi connectivity index (χ3n) is 3.16. The lowest BCUT2D eigenvalue weighted by Gasteiger charge is -2.13. The number of benzene rings is 1. The van der Waals surface area contributed by atoms with Crippen LogP contribution in [0.15, 0.2) is 22.7 Å². The van der Waals surface area contributed by atoms with E-state index >= 15 is 0 Å². The molecule has 0 atom stereocenters. The van der Waals surface area contributed by atoms with Gasteiger partial charge in [-0.3, -0.25) is 0 Å². The molecule has 8 heteroatoms. The Balaban J connectivity index is 2.40. The average Bonchev–Trinajstić information content (AvgIpc) is 2.60. The zero-order valence-electron chi connectivity index (χ0n) is 13.6. The second-order valence-corrected chi connectivity index (χ2v) is 6.51. The molecule has 0 aliphatic rings. The third kappa shape index (κ3) is 4.52. The van der Waals surface area contributed by atoms with Crippen LogP contribution >= 0.6 is 27.7 Å². The molecule has 0 aliphatic carbocycles. The molecule has 1 heterocycles. The van der Waals surface area contributed by atoms with E-state index in [0.29, 0.717) is 33.5 Å². The van der Waals surface area contributed by atoms with Gasteiger partial charge in [0.25, 0.3) is 0 Å². The van der Waals surface area contributed by atoms with E-state index in [1.807, 2.05) is 6.26 Å². The van der Waals surface area contributed by atoms with Crippen molar-refractivity contribution in [3.05, 3.63) is 28.4 Å². The first-order valence-electron chi connectivity index (χ1n) is 7.06. The standard InChI is InChI=1S/C16H18BrNO5S/c1-20-10-6-11-14(23-9-22-4-5-24-3)8-13(16(19)21-2)18-15(11)12(17)7-10/h6-8H,4-5,9H2,1-3H3. The van der Waals surface area contributed by atoms with Crippen molar-refractivity contribution in [3.8, 4) is 11.5 Å². The molecule has 1 aromatic heterocycles. The van der Waals surface area contributed by atoms with Crippen molar-refractivity contribution >= 4 is 44.6 Å². The van der Waals surface area contributed by atoms with Gasteiger partial charge in [0.2, 0.25) is 0 Å². The van der Waals surface area contributed by atoms with E-state index in [4.69, 9.17) is 18.9 Å². The highest BCUT2D eigenvalue weighted by atomic mass is 79.9. The molecule has 0 amide bonds. The maximum Gasteiger partial charge on any atom is 0.356 e. The van der Waals surface area contributed by atoms with Crippen LogP contribution in [-0.2, 0) is 9.47 Å². The van der Waals surface area contributed by atoms with Gasteiger partial charge in [-0.1, -0.05) is 0 Å². The minimum atomic E-state index is -0.534. The van der Waals surface area contributed by atoms with Crippen molar-refractivity contribution in [3.63, 3.8) is 0 Å². The van der Waals surface area contributed by atoms with Crippen molar-refractivity contribution in [2.24, 2.45) is 0 Å². The molecule has 0 N–H and O–H groups in total. The molecule has 2 rings (SSSR count). The summed E-state index contributed by atoms with van der Waals surface area (Å²) in [4.78, 5) is 16.2. The van der Waals surface area contributed by atoms with Crippen LogP contribution in [-0.4, -0.2) is 50.6 Å². The van der Waals surface area contributed by atoms with Gasteiger partial charge < -0.3 is 18.9 Å². The van der Waals surface area contributed by atoms with Crippen LogP contribution in [0.3, 0.4) is 0 Å². The fraction of sp³-hybridized carbons (Fsp3) is 0.375. The molecule has 0 fully saturated rings. The van der Waals surface area contributed by atoms with Gasteiger partial charge >= 0.3 is 5.97 Å². The first-order valence-corrected chi connectivity index (χ1v) is 9.25. The Labute approximate surface area is 152 Å². The van der Waals surface area contributed by atoms with Crippen molar-refractivity contribution < 1.29 is 23.7 Å². The summed E-state index contributed by atoms with van der Waals surface area (Å²) < 4.78 is 21.8. The molecule has 0 spiro atoms. The molecule has 0 radical (unpaired) electrons. The van der Waals surface area contributed by atoms with E-state index in [1.165, 1.54) is 13.2 Å². The summed E-state index contributed by atoms with van der Waals surface area (Å²) in [7, 11) is 2.89. The molecule has 24 heavy (non-hydrogen) atoms. The number of pyridine rings is 1. The van der Waals surface area contributed by atoms with E-state index in [-0.39, 0.29) is 12.5 Å². The first-order chi connectivity index (χ1) is 11.6. The summed E-state index contributed by atoms with van der Waals surface area (Å²) in [6.45, 7) is 0.663. The van der Waals surface area contributed by atoms with E-state index < -0.39 is 5.97 Å². The van der Waals surface area contributed by atoms with Gasteiger partial charge in [0, 0.05) is 21.7 Å². The maximum absolute atomic E-state index is 11.8. The number of halogens is 1. The predicted molar refractivity (Wildman–Crippen MR) is 97.2 cm³/mol. The van der Waals surface area contributed by atoms with Crippen molar-refractivity contribution in [2.45, 2.75) is 0 Å². The molecular weight excluding hydrogens is 398 g/mol. The van der Waals surface area contributed by atoms with Crippen LogP contribution in [0.4, 0.5) is 0 Å². The number of carbonyl (C=O) groups excluding carboxylic acids is 1. The molecule has 0 unspecified atom stereocenters. The summed E-state index contributed by atoms with van der Waals surface area (Å²) in [5.41, 5.74) is 0.743. The van der Waals surface area contributed by atoms with Gasteiger partial charge in [-0.2, -0.15) is 11.8 Å². The minimum Gasteiger partial charge on any atom is -0.497 e. The fourth-order valence-corrected chi connectivity index (χ4v) is 2.80. The second-order valence-electron chi connectivity index (χ2n) is 4.67. The Hall–Kier alpha value is -1.51. The summed E-state index contributed by atoms with van der Waals surface area (Å²) in [5.74, 6) is 1.47. The molecule has 1 aromatic carbocycles. The summed E-state index contributed by atoms with van der Waals surface area (Å²) >= 11 is 5.14. The van der Waals surface area contributed by atoms with Crippen molar-refractivity contribution in [1.29, 1.82) is 0 Å². The van der Waals surface area contributed by atoms with Crippen LogP contribution in [0.25, 0.3) is 10.9 Å². The van der Waals surface area contributed by atoms with E-state index in [0.717, 1.165) is 5.75 Å². The Morgan fingerprint density at radius 3 is 2.75 bits per heavy atom. The van der Waals surface area contributed by atoms with Crippen molar-refractivity contribution in [2.75, 3.05) is 39.6 Å². The Morgan fingerprint density at radius 2 is 2.08 bits per heavy atom. The van der Waals surface area contributed by atoms with E-state index in [2.05, 4.69) is 20.9 Å². The number of esters is 1. The number of ether oxygens (including phenoxy) is 4. The number of fused-ring (bicyclic) bond motifs is 1. The molecule has 2 aromatic rings. The van der Waals surface area contributed by atoms with Gasteiger partial charge in [-0.05, 0) is 34.3 Å². The molecule has 0 saturated heterocycles. The molecule has 0 saturated carbocycles. The molecule has 130 valence electrons. The van der Waals surface area contributed by atoms with Crippen LogP contribution in [0.1, 0.15) is 10.5 Å². The Kier molecular flexibility index (Phi) is 7.14. The SMILES string of the molecule is COC(=O)c1cc(OCOCCSC)c2cc(OC)cc(Br)c2n1. The highest BCUT2D eigenvalue weighted by molar-refractivity contribution is 9.10. The number of hydrogen-bond donors (Lipinski definition) is 0. The number of carbonyl (C=O) groups is 1. The fourth-order valence-electron chi connectivity index (χ4n) is 1.98. The normalized spacial score (nSPS) is 10.7. The van der Waals surface area contributed by atoms with E-state index in [1.54, 1.807) is 31.0 Å². The lowest BCUT2D eigenvalue weighted by Crippen LogP contribution is -2.09. The van der Waals surface area contributed by atoms with Crippen LogP contribution in [0, 0.1) is 0 Å². The number of rotatable bonds is 8. The highest BCUT2D eigenvalue weighted by Crippen LogP contribution is 2.34. The number of nitrogens with zero attached hydrogens (tertiary/aromatic N) is 1. The molecule has 0 aliphatic heterocycles. The number of aromatic nitrogens is 1. The van der Waals surface area contributed by atoms with Gasteiger partial charge in [0.1, 0.15) is 11.5 Å². The zero-order chi connectivity index (χ0) is 17.5. The summed E-state index contributed by atoms with van der Waals surface area (Å²) in [6, 6.07) is 5.11. The monoisotopic (exact) mass is 415 g/mol. The first kappa shape index (κ1) is 18.8.